The summed E-state index contributed by atoms with van der Waals surface area (Å²) in [6, 6.07) is 2.51. The lowest BCUT2D eigenvalue weighted by Gasteiger charge is -2.39. The van der Waals surface area contributed by atoms with Crippen LogP contribution in [0.25, 0.3) is 0 Å². The van der Waals surface area contributed by atoms with E-state index in [4.69, 9.17) is 10.5 Å². The van der Waals surface area contributed by atoms with Crippen LogP contribution in [-0.2, 0) is 4.74 Å². The Morgan fingerprint density at radius 1 is 1.48 bits per heavy atom. The van der Waals surface area contributed by atoms with Crippen molar-refractivity contribution in [3.63, 3.8) is 0 Å². The van der Waals surface area contributed by atoms with Gasteiger partial charge in [-0.25, -0.2) is 14.8 Å². The zero-order valence-electron chi connectivity index (χ0n) is 12.9. The summed E-state index contributed by atoms with van der Waals surface area (Å²) in [7, 11) is 0. The van der Waals surface area contributed by atoms with Crippen molar-refractivity contribution in [2.24, 2.45) is 0 Å². The molecule has 2 unspecified atom stereocenters. The summed E-state index contributed by atoms with van der Waals surface area (Å²) in [5, 5.41) is 2.19. The van der Waals surface area contributed by atoms with Crippen LogP contribution in [0.3, 0.4) is 0 Å². The molecule has 2 atom stereocenters. The van der Waals surface area contributed by atoms with Crippen molar-refractivity contribution in [2.45, 2.75) is 52.1 Å². The molecular formula is C15H24N4O2. The minimum atomic E-state index is -0.416. The van der Waals surface area contributed by atoms with E-state index in [1.807, 2.05) is 0 Å². The van der Waals surface area contributed by atoms with Gasteiger partial charge in [0, 0.05) is 12.1 Å². The van der Waals surface area contributed by atoms with Crippen molar-refractivity contribution in [1.82, 2.24) is 9.99 Å². The molecule has 0 saturated carbocycles. The number of hydrogen-bond donors (Lipinski definition) is 2. The molecule has 21 heavy (non-hydrogen) atoms. The van der Waals surface area contributed by atoms with Gasteiger partial charge in [-0.05, 0) is 39.7 Å². The Kier molecular flexibility index (Phi) is 5.01. The molecule has 0 aliphatic carbocycles. The Morgan fingerprint density at radius 2 is 2.14 bits per heavy atom. The van der Waals surface area contributed by atoms with Gasteiger partial charge in [0.2, 0.25) is 0 Å². The molecule has 1 saturated heterocycles. The van der Waals surface area contributed by atoms with E-state index in [2.05, 4.69) is 29.3 Å². The molecule has 0 amide bonds. The van der Waals surface area contributed by atoms with E-state index < -0.39 is 5.97 Å². The second kappa shape index (κ2) is 6.76. The third-order valence-electron chi connectivity index (χ3n) is 3.87. The number of nitrogens with two attached hydrogens (primary N) is 1. The highest BCUT2D eigenvalue weighted by atomic mass is 16.5. The van der Waals surface area contributed by atoms with Crippen LogP contribution in [-0.4, -0.2) is 34.7 Å². The van der Waals surface area contributed by atoms with E-state index in [0.29, 0.717) is 35.8 Å². The highest BCUT2D eigenvalue weighted by Gasteiger charge is 2.25. The molecule has 2 heterocycles. The number of piperidine rings is 1. The molecule has 0 radical (unpaired) electrons. The quantitative estimate of drug-likeness (QED) is 0.830. The van der Waals surface area contributed by atoms with Gasteiger partial charge in [-0.1, -0.05) is 6.42 Å². The number of aromatic nitrogens is 1. The number of nitrogen functional groups attached to an aromatic ring is 1. The first-order chi connectivity index (χ1) is 10.0. The summed E-state index contributed by atoms with van der Waals surface area (Å²) in [5.74, 6) is 0.202. The summed E-state index contributed by atoms with van der Waals surface area (Å²) < 4.78 is 5.01. The Morgan fingerprint density at radius 3 is 2.76 bits per heavy atom. The van der Waals surface area contributed by atoms with Crippen molar-refractivity contribution < 1.29 is 9.53 Å². The van der Waals surface area contributed by atoms with E-state index in [-0.39, 0.29) is 0 Å². The van der Waals surface area contributed by atoms with Gasteiger partial charge in [0.1, 0.15) is 5.82 Å². The largest absolute Gasteiger partial charge is 0.462 e. The van der Waals surface area contributed by atoms with Crippen LogP contribution in [0, 0.1) is 0 Å². The van der Waals surface area contributed by atoms with Gasteiger partial charge in [0.25, 0.3) is 0 Å². The van der Waals surface area contributed by atoms with Crippen LogP contribution >= 0.6 is 0 Å². The Hall–Kier alpha value is -1.82. The van der Waals surface area contributed by atoms with E-state index in [0.717, 1.165) is 12.8 Å². The molecule has 6 nitrogen and oxygen atoms in total. The maximum atomic E-state index is 11.9. The zero-order valence-corrected chi connectivity index (χ0v) is 12.9. The number of ether oxygens (including phenoxy) is 1. The van der Waals surface area contributed by atoms with Crippen LogP contribution < -0.4 is 11.2 Å². The summed E-state index contributed by atoms with van der Waals surface area (Å²) in [5.41, 5.74) is 9.79. The van der Waals surface area contributed by atoms with Crippen molar-refractivity contribution in [3.05, 3.63) is 17.8 Å². The zero-order chi connectivity index (χ0) is 15.4. The number of nitrogens with zero attached hydrogens (tertiary/aromatic N) is 2. The van der Waals surface area contributed by atoms with Crippen molar-refractivity contribution in [3.8, 4) is 0 Å². The summed E-state index contributed by atoms with van der Waals surface area (Å²) in [6.45, 7) is 6.47. The molecule has 1 aliphatic rings. The number of carbonyl (C=O) groups excluding carboxylic acids is 1. The van der Waals surface area contributed by atoms with Gasteiger partial charge in [-0.2, -0.15) is 0 Å². The maximum Gasteiger partial charge on any atom is 0.340 e. The first-order valence-corrected chi connectivity index (χ1v) is 7.50. The topological polar surface area (TPSA) is 80.5 Å². The molecule has 6 heteroatoms. The number of carbonyl (C=O) groups is 1. The lowest BCUT2D eigenvalue weighted by Crippen LogP contribution is -2.47. The van der Waals surface area contributed by atoms with Gasteiger partial charge in [-0.15, -0.1) is 0 Å². The number of rotatable bonds is 4. The minimum Gasteiger partial charge on any atom is -0.462 e. The van der Waals surface area contributed by atoms with Crippen molar-refractivity contribution in [1.29, 1.82) is 0 Å². The van der Waals surface area contributed by atoms with E-state index >= 15 is 0 Å². The monoisotopic (exact) mass is 292 g/mol. The van der Waals surface area contributed by atoms with Gasteiger partial charge >= 0.3 is 5.97 Å². The molecular weight excluding hydrogens is 268 g/mol. The standard InChI is InChI=1S/C15H24N4O2/c1-4-21-15(20)12-8-14(17-9-13(12)16)18-19-10(2)6-5-7-11(19)3/h8-11H,4-7,16H2,1-3H3,(H,17,18). The van der Waals surface area contributed by atoms with E-state index in [9.17, 15) is 4.79 Å². The van der Waals surface area contributed by atoms with Gasteiger partial charge < -0.3 is 15.9 Å². The lowest BCUT2D eigenvalue weighted by atomic mass is 10.00. The number of hydrazine groups is 1. The third kappa shape index (κ3) is 3.64. The predicted molar refractivity (Wildman–Crippen MR) is 82.8 cm³/mol. The fraction of sp³-hybridized carbons (Fsp3) is 0.600. The molecule has 0 spiro atoms. The summed E-state index contributed by atoms with van der Waals surface area (Å²) in [6.07, 6.45) is 5.03. The van der Waals surface area contributed by atoms with Crippen LogP contribution in [0.1, 0.15) is 50.4 Å². The average molecular weight is 292 g/mol. The normalized spacial score (nSPS) is 22.8. The molecule has 2 rings (SSSR count). The predicted octanol–water partition coefficient (Wildman–Crippen LogP) is 2.43. The summed E-state index contributed by atoms with van der Waals surface area (Å²) in [4.78, 5) is 16.1. The first kappa shape index (κ1) is 15.6. The van der Waals surface area contributed by atoms with Crippen LogP contribution in [0.4, 0.5) is 11.5 Å². The molecule has 0 bridgehead atoms. The second-order valence-corrected chi connectivity index (χ2v) is 5.53. The van der Waals surface area contributed by atoms with Crippen molar-refractivity contribution in [2.75, 3.05) is 17.8 Å². The van der Waals surface area contributed by atoms with Gasteiger partial charge in [-0.3, -0.25) is 0 Å². The fourth-order valence-electron chi connectivity index (χ4n) is 2.69. The molecule has 3 N–H and O–H groups in total. The number of hydrogen-bond acceptors (Lipinski definition) is 6. The molecule has 1 fully saturated rings. The summed E-state index contributed by atoms with van der Waals surface area (Å²) >= 11 is 0. The number of pyridine rings is 1. The molecule has 1 aliphatic heterocycles. The van der Waals surface area contributed by atoms with E-state index in [1.165, 1.54) is 12.6 Å². The van der Waals surface area contributed by atoms with Gasteiger partial charge in [0.05, 0.1) is 24.1 Å². The molecule has 0 aromatic carbocycles. The van der Waals surface area contributed by atoms with Crippen LogP contribution in [0.15, 0.2) is 12.3 Å². The molecule has 1 aromatic heterocycles. The Bertz CT molecular complexity index is 496. The van der Waals surface area contributed by atoms with Crippen molar-refractivity contribution >= 4 is 17.5 Å². The Balaban J connectivity index is 2.16. The first-order valence-electron chi connectivity index (χ1n) is 7.50. The number of esters is 1. The van der Waals surface area contributed by atoms with Gasteiger partial charge in [0.15, 0.2) is 0 Å². The average Bonchev–Trinajstić information content (AvgIpc) is 2.45. The van der Waals surface area contributed by atoms with Crippen LogP contribution in [0.2, 0.25) is 0 Å². The second-order valence-electron chi connectivity index (χ2n) is 5.53. The minimum absolute atomic E-state index is 0.323. The SMILES string of the molecule is CCOC(=O)c1cc(NN2C(C)CCCC2C)ncc1N. The van der Waals surface area contributed by atoms with Crippen LogP contribution in [0.5, 0.6) is 0 Å². The number of nitrogens with one attached hydrogen (secondary N) is 1. The lowest BCUT2D eigenvalue weighted by molar-refractivity contribution is 0.0527. The highest BCUT2D eigenvalue weighted by Crippen LogP contribution is 2.24. The molecule has 1 aromatic rings. The fourth-order valence-corrected chi connectivity index (χ4v) is 2.69. The Labute approximate surface area is 125 Å². The van der Waals surface area contributed by atoms with E-state index in [1.54, 1.807) is 13.0 Å². The smallest absolute Gasteiger partial charge is 0.340 e. The third-order valence-corrected chi connectivity index (χ3v) is 3.87. The maximum absolute atomic E-state index is 11.9. The molecule has 116 valence electrons. The highest BCUT2D eigenvalue weighted by molar-refractivity contribution is 5.95. The number of anilines is 2.